The maximum Gasteiger partial charge on any atom is 0.309 e. The van der Waals surface area contributed by atoms with Gasteiger partial charge in [-0.3, -0.25) is 9.59 Å². The van der Waals surface area contributed by atoms with Crippen molar-refractivity contribution in [2.45, 2.75) is 64.9 Å². The van der Waals surface area contributed by atoms with Crippen molar-refractivity contribution in [1.29, 1.82) is 0 Å². The smallest absolute Gasteiger partial charge is 0.309 e. The summed E-state index contributed by atoms with van der Waals surface area (Å²) in [6.07, 6.45) is 5.55. The van der Waals surface area contributed by atoms with Gasteiger partial charge in [-0.05, 0) is 39.0 Å². The maximum atomic E-state index is 11.9. The van der Waals surface area contributed by atoms with Gasteiger partial charge in [0.25, 0.3) is 0 Å². The predicted molar refractivity (Wildman–Crippen MR) is 68.2 cm³/mol. The number of unbranched alkanes of at least 4 members (excludes halogenated alkanes) is 1. The molecule has 4 nitrogen and oxygen atoms in total. The Hall–Kier alpha value is -1.06. The molecule has 0 bridgehead atoms. The fraction of sp³-hybridized carbons (Fsp3) is 0.857. The molecular formula is C14H24O4. The zero-order valence-corrected chi connectivity index (χ0v) is 11.4. The van der Waals surface area contributed by atoms with E-state index in [9.17, 15) is 9.59 Å². The average molecular weight is 256 g/mol. The van der Waals surface area contributed by atoms with Crippen molar-refractivity contribution >= 4 is 11.9 Å². The second-order valence-electron chi connectivity index (χ2n) is 5.28. The van der Waals surface area contributed by atoms with E-state index in [2.05, 4.69) is 6.92 Å². The van der Waals surface area contributed by atoms with Crippen LogP contribution in [0.4, 0.5) is 0 Å². The highest BCUT2D eigenvalue weighted by Gasteiger charge is 2.31. The number of ether oxygens (including phenoxy) is 1. The van der Waals surface area contributed by atoms with Crippen LogP contribution in [0, 0.1) is 11.8 Å². The average Bonchev–Trinajstić information content (AvgIpc) is 2.36. The number of carbonyl (C=O) groups is 2. The van der Waals surface area contributed by atoms with Gasteiger partial charge in [-0.1, -0.05) is 19.8 Å². The Bertz CT molecular complexity index is 280. The molecule has 1 N–H and O–H groups in total. The first-order valence-electron chi connectivity index (χ1n) is 6.97. The first-order chi connectivity index (χ1) is 8.54. The third-order valence-electron chi connectivity index (χ3n) is 3.69. The molecule has 0 saturated heterocycles. The van der Waals surface area contributed by atoms with Crippen LogP contribution in [-0.2, 0) is 14.3 Å². The van der Waals surface area contributed by atoms with Crippen molar-refractivity contribution in [3.05, 3.63) is 0 Å². The number of carboxylic acid groups (broad SMARTS) is 1. The van der Waals surface area contributed by atoms with E-state index < -0.39 is 5.97 Å². The summed E-state index contributed by atoms with van der Waals surface area (Å²) in [5.74, 6) is -1.24. The van der Waals surface area contributed by atoms with Gasteiger partial charge in [0.1, 0.15) is 0 Å². The molecule has 1 unspecified atom stereocenters. The molecule has 1 atom stereocenters. The van der Waals surface area contributed by atoms with Crippen molar-refractivity contribution in [3.8, 4) is 0 Å². The minimum atomic E-state index is -0.738. The second-order valence-corrected chi connectivity index (χ2v) is 5.28. The lowest BCUT2D eigenvalue weighted by Gasteiger charge is -2.25. The first kappa shape index (κ1) is 15.0. The van der Waals surface area contributed by atoms with Crippen LogP contribution in [-0.4, -0.2) is 23.1 Å². The van der Waals surface area contributed by atoms with Crippen molar-refractivity contribution in [1.82, 2.24) is 0 Å². The van der Waals surface area contributed by atoms with Gasteiger partial charge in [-0.25, -0.2) is 0 Å². The molecule has 0 spiro atoms. The van der Waals surface area contributed by atoms with Crippen LogP contribution >= 0.6 is 0 Å². The van der Waals surface area contributed by atoms with Gasteiger partial charge < -0.3 is 9.84 Å². The summed E-state index contributed by atoms with van der Waals surface area (Å²) in [6.45, 7) is 4.04. The van der Waals surface area contributed by atoms with Crippen molar-refractivity contribution < 1.29 is 19.4 Å². The minimum Gasteiger partial charge on any atom is -0.481 e. The lowest BCUT2D eigenvalue weighted by molar-refractivity contribution is -0.156. The van der Waals surface area contributed by atoms with Crippen LogP contribution in [0.5, 0.6) is 0 Å². The molecule has 0 aromatic carbocycles. The summed E-state index contributed by atoms with van der Waals surface area (Å²) in [7, 11) is 0. The Balaban J connectivity index is 2.29. The third-order valence-corrected chi connectivity index (χ3v) is 3.69. The van der Waals surface area contributed by atoms with E-state index >= 15 is 0 Å². The highest BCUT2D eigenvalue weighted by Crippen LogP contribution is 2.30. The van der Waals surface area contributed by atoms with Gasteiger partial charge in [0.2, 0.25) is 0 Å². The molecular weight excluding hydrogens is 232 g/mol. The first-order valence-corrected chi connectivity index (χ1v) is 6.97. The van der Waals surface area contributed by atoms with Gasteiger partial charge in [0.05, 0.1) is 17.9 Å². The molecule has 1 saturated carbocycles. The summed E-state index contributed by atoms with van der Waals surface area (Å²) in [4.78, 5) is 22.7. The van der Waals surface area contributed by atoms with Crippen molar-refractivity contribution in [2.24, 2.45) is 11.8 Å². The Labute approximate surface area is 109 Å². The molecule has 0 heterocycles. The summed E-state index contributed by atoms with van der Waals surface area (Å²) in [5.41, 5.74) is 0. The molecule has 1 aliphatic carbocycles. The van der Waals surface area contributed by atoms with E-state index in [-0.39, 0.29) is 23.9 Å². The molecule has 0 aromatic heterocycles. The summed E-state index contributed by atoms with van der Waals surface area (Å²) in [5, 5.41) is 8.89. The topological polar surface area (TPSA) is 63.6 Å². The van der Waals surface area contributed by atoms with Crippen molar-refractivity contribution in [2.75, 3.05) is 0 Å². The number of carbonyl (C=O) groups excluding carboxylic acids is 1. The Morgan fingerprint density at radius 2 is 1.78 bits per heavy atom. The van der Waals surface area contributed by atoms with E-state index in [1.807, 2.05) is 6.92 Å². The third kappa shape index (κ3) is 4.67. The molecule has 4 heteroatoms. The lowest BCUT2D eigenvalue weighted by Crippen LogP contribution is -2.29. The van der Waals surface area contributed by atoms with E-state index in [1.165, 1.54) is 0 Å². The zero-order chi connectivity index (χ0) is 13.5. The fourth-order valence-electron chi connectivity index (χ4n) is 2.42. The van der Waals surface area contributed by atoms with Gasteiger partial charge >= 0.3 is 11.9 Å². The van der Waals surface area contributed by atoms with Gasteiger partial charge in [-0.2, -0.15) is 0 Å². The number of rotatable bonds is 6. The van der Waals surface area contributed by atoms with Crippen LogP contribution < -0.4 is 0 Å². The van der Waals surface area contributed by atoms with Crippen LogP contribution in [0.25, 0.3) is 0 Å². The fourth-order valence-corrected chi connectivity index (χ4v) is 2.42. The largest absolute Gasteiger partial charge is 0.481 e. The zero-order valence-electron chi connectivity index (χ0n) is 11.4. The normalized spacial score (nSPS) is 25.4. The molecule has 1 aliphatic rings. The van der Waals surface area contributed by atoms with Crippen LogP contribution in [0.15, 0.2) is 0 Å². The number of carboxylic acids is 1. The maximum absolute atomic E-state index is 11.9. The van der Waals surface area contributed by atoms with E-state index in [0.717, 1.165) is 19.3 Å². The molecule has 0 aliphatic heterocycles. The quantitative estimate of drug-likeness (QED) is 0.742. The van der Waals surface area contributed by atoms with Gasteiger partial charge in [-0.15, -0.1) is 0 Å². The SMILES string of the molecule is CCCCC(C)OC(=O)C1CCC(C(=O)O)CC1. The molecule has 104 valence electrons. The summed E-state index contributed by atoms with van der Waals surface area (Å²) >= 11 is 0. The van der Waals surface area contributed by atoms with Gasteiger partial charge in [0, 0.05) is 0 Å². The predicted octanol–water partition coefficient (Wildman–Crippen LogP) is 3.00. The molecule has 18 heavy (non-hydrogen) atoms. The molecule has 1 rings (SSSR count). The van der Waals surface area contributed by atoms with E-state index in [1.54, 1.807) is 0 Å². The second kappa shape index (κ2) is 7.39. The van der Waals surface area contributed by atoms with E-state index in [4.69, 9.17) is 9.84 Å². The number of hydrogen-bond acceptors (Lipinski definition) is 3. The minimum absolute atomic E-state index is 0.0188. The molecule has 0 aromatic rings. The van der Waals surface area contributed by atoms with Crippen molar-refractivity contribution in [3.63, 3.8) is 0 Å². The monoisotopic (exact) mass is 256 g/mol. The van der Waals surface area contributed by atoms with Gasteiger partial charge in [0.15, 0.2) is 0 Å². The summed E-state index contributed by atoms with van der Waals surface area (Å²) in [6, 6.07) is 0. The lowest BCUT2D eigenvalue weighted by atomic mass is 9.82. The Kier molecular flexibility index (Phi) is 6.16. The number of hydrogen-bond donors (Lipinski definition) is 1. The Morgan fingerprint density at radius 1 is 1.22 bits per heavy atom. The van der Waals surface area contributed by atoms with Crippen LogP contribution in [0.3, 0.4) is 0 Å². The highest BCUT2D eigenvalue weighted by molar-refractivity contribution is 5.74. The Morgan fingerprint density at radius 3 is 2.28 bits per heavy atom. The number of esters is 1. The summed E-state index contributed by atoms with van der Waals surface area (Å²) < 4.78 is 5.40. The molecule has 0 radical (unpaired) electrons. The van der Waals surface area contributed by atoms with E-state index in [0.29, 0.717) is 25.7 Å². The van der Waals surface area contributed by atoms with Crippen LogP contribution in [0.2, 0.25) is 0 Å². The molecule has 0 amide bonds. The highest BCUT2D eigenvalue weighted by atomic mass is 16.5. The number of aliphatic carboxylic acids is 1. The van der Waals surface area contributed by atoms with Crippen LogP contribution in [0.1, 0.15) is 58.8 Å². The molecule has 1 fully saturated rings. The standard InChI is InChI=1S/C14H24O4/c1-3-4-5-10(2)18-14(17)12-8-6-11(7-9-12)13(15)16/h10-12H,3-9H2,1-2H3,(H,15,16).